The minimum atomic E-state index is -4.67. The van der Waals surface area contributed by atoms with Gasteiger partial charge in [-0.1, -0.05) is 37.6 Å². The molecule has 3 aromatic rings. The van der Waals surface area contributed by atoms with E-state index < -0.39 is 41.2 Å². The van der Waals surface area contributed by atoms with Crippen molar-refractivity contribution in [3.05, 3.63) is 83.4 Å². The first-order valence-corrected chi connectivity index (χ1v) is 12.9. The maximum atomic E-state index is 14.6. The lowest BCUT2D eigenvalue weighted by Gasteiger charge is -2.32. The number of carbonyl (C=O) groups excluding carboxylic acids is 3. The third kappa shape index (κ3) is 4.26. The molecule has 39 heavy (non-hydrogen) atoms. The van der Waals surface area contributed by atoms with E-state index in [9.17, 15) is 27.6 Å². The van der Waals surface area contributed by atoms with E-state index in [-0.39, 0.29) is 34.7 Å². The number of alkyl halides is 3. The molecule has 1 atom stereocenters. The summed E-state index contributed by atoms with van der Waals surface area (Å²) in [6.07, 6.45) is -3.36. The van der Waals surface area contributed by atoms with Crippen molar-refractivity contribution in [2.24, 2.45) is 0 Å². The summed E-state index contributed by atoms with van der Waals surface area (Å²) in [5.74, 6) is -1.38. The fourth-order valence-corrected chi connectivity index (χ4v) is 5.35. The van der Waals surface area contributed by atoms with Gasteiger partial charge in [0, 0.05) is 24.2 Å². The zero-order chi connectivity index (χ0) is 27.9. The summed E-state index contributed by atoms with van der Waals surface area (Å²) >= 11 is 0. The van der Waals surface area contributed by atoms with Crippen molar-refractivity contribution in [1.82, 2.24) is 0 Å². The average Bonchev–Trinajstić information content (AvgIpc) is 3.19. The Morgan fingerprint density at radius 3 is 2.31 bits per heavy atom. The Kier molecular flexibility index (Phi) is 6.70. The number of Topliss-reactive ketones (excluding diaryl/α,β-unsaturated/α-hetero) is 1. The van der Waals surface area contributed by atoms with Crippen LogP contribution < -0.4 is 14.5 Å². The number of carbonyl (C=O) groups is 3. The summed E-state index contributed by atoms with van der Waals surface area (Å²) in [6.45, 7) is 4.24. The van der Waals surface area contributed by atoms with E-state index >= 15 is 0 Å². The van der Waals surface area contributed by atoms with E-state index in [0.29, 0.717) is 12.4 Å². The van der Waals surface area contributed by atoms with Crippen molar-refractivity contribution in [1.29, 1.82) is 0 Å². The Labute approximate surface area is 224 Å². The highest BCUT2D eigenvalue weighted by Gasteiger charge is 2.60. The summed E-state index contributed by atoms with van der Waals surface area (Å²) in [6, 6.07) is 15.9. The molecule has 3 aromatic carbocycles. The molecular formula is C30H27F3N2O4. The Morgan fingerprint density at radius 1 is 0.897 bits per heavy atom. The van der Waals surface area contributed by atoms with Gasteiger partial charge in [-0.2, -0.15) is 13.2 Å². The molecule has 0 N–H and O–H groups in total. The number of hydrogen-bond donors (Lipinski definition) is 0. The first-order chi connectivity index (χ1) is 18.6. The predicted molar refractivity (Wildman–Crippen MR) is 141 cm³/mol. The van der Waals surface area contributed by atoms with Gasteiger partial charge in [-0.25, -0.2) is 0 Å². The largest absolute Gasteiger partial charge is 0.494 e. The first kappa shape index (κ1) is 26.5. The van der Waals surface area contributed by atoms with Crippen molar-refractivity contribution in [2.75, 3.05) is 23.0 Å². The molecule has 0 saturated heterocycles. The second-order valence-electron chi connectivity index (χ2n) is 9.64. The van der Waals surface area contributed by atoms with E-state index in [4.69, 9.17) is 4.74 Å². The van der Waals surface area contributed by atoms with Crippen LogP contribution in [0.5, 0.6) is 5.75 Å². The van der Waals surface area contributed by atoms with Crippen molar-refractivity contribution in [3.63, 3.8) is 0 Å². The number of hydrogen-bond acceptors (Lipinski definition) is 4. The van der Waals surface area contributed by atoms with Crippen LogP contribution in [-0.2, 0) is 21.2 Å². The van der Waals surface area contributed by atoms with Gasteiger partial charge >= 0.3 is 6.18 Å². The molecule has 2 aliphatic rings. The first-order valence-electron chi connectivity index (χ1n) is 12.9. The van der Waals surface area contributed by atoms with Crippen molar-refractivity contribution in [3.8, 4) is 5.75 Å². The third-order valence-corrected chi connectivity index (χ3v) is 7.29. The zero-order valence-electron chi connectivity index (χ0n) is 21.5. The van der Waals surface area contributed by atoms with Crippen LogP contribution in [0, 0.1) is 0 Å². The van der Waals surface area contributed by atoms with Crippen molar-refractivity contribution in [2.45, 2.75) is 44.7 Å². The van der Waals surface area contributed by atoms with E-state index in [2.05, 4.69) is 0 Å². The van der Waals surface area contributed by atoms with Crippen LogP contribution in [0.25, 0.3) is 0 Å². The number of unbranched alkanes of at least 4 members (excludes halogenated alkanes) is 1. The molecule has 0 aromatic heterocycles. The van der Waals surface area contributed by atoms with Gasteiger partial charge in [-0.05, 0) is 61.4 Å². The average molecular weight is 537 g/mol. The minimum absolute atomic E-state index is 0.0754. The number of anilines is 3. The molecule has 0 bridgehead atoms. The lowest BCUT2D eigenvalue weighted by Crippen LogP contribution is -2.53. The molecule has 1 spiro atoms. The number of amides is 2. The topological polar surface area (TPSA) is 66.9 Å². The second kappa shape index (κ2) is 9.87. The molecule has 1 heterocycles. The Hall–Kier alpha value is -4.14. The Bertz CT molecular complexity index is 1450. The van der Waals surface area contributed by atoms with Crippen LogP contribution in [-0.4, -0.2) is 30.7 Å². The summed E-state index contributed by atoms with van der Waals surface area (Å²) in [7, 11) is 0. The summed E-state index contributed by atoms with van der Waals surface area (Å²) in [4.78, 5) is 44.7. The van der Waals surface area contributed by atoms with E-state index in [1.165, 1.54) is 11.0 Å². The lowest BCUT2D eigenvalue weighted by molar-refractivity contribution is -0.138. The molecule has 5 rings (SSSR count). The highest BCUT2D eigenvalue weighted by molar-refractivity contribution is 6.31. The van der Waals surface area contributed by atoms with Crippen LogP contribution in [0.15, 0.2) is 66.7 Å². The van der Waals surface area contributed by atoms with Crippen molar-refractivity contribution < 1.29 is 32.3 Å². The number of halogens is 3. The molecule has 1 unspecified atom stereocenters. The molecule has 9 heteroatoms. The maximum Gasteiger partial charge on any atom is 0.416 e. The van der Waals surface area contributed by atoms with Gasteiger partial charge < -0.3 is 9.64 Å². The molecule has 2 amide bonds. The number of nitrogens with zero attached hydrogens (tertiary/aromatic N) is 2. The Balaban J connectivity index is 1.75. The van der Waals surface area contributed by atoms with Gasteiger partial charge in [0.1, 0.15) is 5.75 Å². The van der Waals surface area contributed by atoms with Crippen LogP contribution >= 0.6 is 0 Å². The number of ether oxygens (including phenoxy) is 1. The van der Waals surface area contributed by atoms with Gasteiger partial charge in [0.25, 0.3) is 5.91 Å². The van der Waals surface area contributed by atoms with E-state index in [1.54, 1.807) is 55.5 Å². The minimum Gasteiger partial charge on any atom is -0.494 e. The van der Waals surface area contributed by atoms with Gasteiger partial charge in [0.15, 0.2) is 11.2 Å². The number of para-hydroxylation sites is 1. The lowest BCUT2D eigenvalue weighted by atomic mass is 9.78. The third-order valence-electron chi connectivity index (χ3n) is 7.29. The molecule has 0 saturated carbocycles. The number of ketones is 1. The number of benzene rings is 3. The number of likely N-dealkylation sites (N-methyl/N-ethyl adjacent to an activating group) is 1. The van der Waals surface area contributed by atoms with Crippen LogP contribution in [0.2, 0.25) is 0 Å². The summed E-state index contributed by atoms with van der Waals surface area (Å²) < 4.78 is 47.1. The standard InChI is InChI=1S/C30H27F3N2O4/c1-3-5-15-39-21-12-13-23-22(17-21)26(36)18-29(23)27(37)34(4-2)24-14-11-19(30(31,32)33)16-25(24)35(28(29)38)20-9-7-6-8-10-20/h6-14,16-17H,3-5,15,18H2,1-2H3. The van der Waals surface area contributed by atoms with E-state index in [0.717, 1.165) is 29.9 Å². The molecular weight excluding hydrogens is 509 g/mol. The highest BCUT2D eigenvalue weighted by Crippen LogP contribution is 2.50. The monoisotopic (exact) mass is 536 g/mol. The molecule has 0 fully saturated rings. The molecule has 202 valence electrons. The maximum absolute atomic E-state index is 14.6. The SMILES string of the molecule is CCCCOc1ccc2c(c1)C(=O)CC21C(=O)N(CC)c2ccc(C(F)(F)F)cc2N(c2ccccc2)C1=O. The molecule has 1 aliphatic heterocycles. The molecule has 1 aliphatic carbocycles. The Morgan fingerprint density at radius 2 is 1.64 bits per heavy atom. The highest BCUT2D eigenvalue weighted by atomic mass is 19.4. The summed E-state index contributed by atoms with van der Waals surface area (Å²) in [5.41, 5.74) is -2.10. The van der Waals surface area contributed by atoms with Gasteiger partial charge in [-0.15, -0.1) is 0 Å². The number of fused-ring (bicyclic) bond motifs is 3. The van der Waals surface area contributed by atoms with Crippen LogP contribution in [0.3, 0.4) is 0 Å². The fourth-order valence-electron chi connectivity index (χ4n) is 5.35. The van der Waals surface area contributed by atoms with Crippen LogP contribution in [0.1, 0.15) is 54.6 Å². The fraction of sp³-hybridized carbons (Fsp3) is 0.300. The zero-order valence-corrected chi connectivity index (χ0v) is 21.5. The smallest absolute Gasteiger partial charge is 0.416 e. The number of rotatable bonds is 6. The normalized spacial score (nSPS) is 18.8. The molecule has 0 radical (unpaired) electrons. The van der Waals surface area contributed by atoms with Gasteiger partial charge in [0.2, 0.25) is 5.91 Å². The van der Waals surface area contributed by atoms with Crippen LogP contribution in [0.4, 0.5) is 30.2 Å². The van der Waals surface area contributed by atoms with E-state index in [1.807, 2.05) is 6.92 Å². The summed E-state index contributed by atoms with van der Waals surface area (Å²) in [5, 5.41) is 0. The predicted octanol–water partition coefficient (Wildman–Crippen LogP) is 6.44. The second-order valence-corrected chi connectivity index (χ2v) is 9.64. The quantitative estimate of drug-likeness (QED) is 0.269. The van der Waals surface area contributed by atoms with Gasteiger partial charge in [-0.3, -0.25) is 19.3 Å². The van der Waals surface area contributed by atoms with Gasteiger partial charge in [0.05, 0.1) is 23.5 Å². The van der Waals surface area contributed by atoms with Crippen molar-refractivity contribution >= 4 is 34.7 Å². The molecule has 6 nitrogen and oxygen atoms in total.